The molecule has 1 aromatic carbocycles. The summed E-state index contributed by atoms with van der Waals surface area (Å²) in [5.41, 5.74) is 2.17. The zero-order valence-electron chi connectivity index (χ0n) is 22.1. The van der Waals surface area contributed by atoms with Crippen molar-refractivity contribution >= 4 is 34.6 Å². The van der Waals surface area contributed by atoms with Crippen LogP contribution in [0, 0.1) is 22.7 Å². The molecule has 0 aliphatic heterocycles. The fourth-order valence-electron chi connectivity index (χ4n) is 5.72. The summed E-state index contributed by atoms with van der Waals surface area (Å²) in [6.07, 6.45) is 0.0305. The number of rotatable bonds is 5. The van der Waals surface area contributed by atoms with Gasteiger partial charge in [0.2, 0.25) is 11.6 Å². The minimum atomic E-state index is -2.89. The van der Waals surface area contributed by atoms with Crippen molar-refractivity contribution < 1.29 is 34.8 Å². The topological polar surface area (TPSA) is 197 Å². The number of carbonyl (C=O) groups is 3. The van der Waals surface area contributed by atoms with Crippen molar-refractivity contribution in [3.63, 3.8) is 0 Å². The third kappa shape index (κ3) is 3.97. The van der Waals surface area contributed by atoms with Crippen LogP contribution >= 0.6 is 0 Å². The van der Waals surface area contributed by atoms with Gasteiger partial charge in [-0.25, -0.2) is 0 Å². The van der Waals surface area contributed by atoms with E-state index in [1.807, 2.05) is 25.1 Å². The van der Waals surface area contributed by atoms with E-state index in [9.17, 15) is 34.8 Å². The lowest BCUT2D eigenvalue weighted by atomic mass is 9.58. The fraction of sp³-hybridized carbons (Fsp3) is 0.481. The lowest BCUT2D eigenvalue weighted by Gasteiger charge is -2.46. The summed E-state index contributed by atoms with van der Waals surface area (Å²) in [5, 5.41) is 56.0. The summed E-state index contributed by atoms with van der Waals surface area (Å²) in [7, 11) is 3.62. The van der Waals surface area contributed by atoms with Gasteiger partial charge >= 0.3 is 0 Å². The first-order chi connectivity index (χ1) is 17.5. The molecular weight excluding hydrogens is 492 g/mol. The van der Waals surface area contributed by atoms with Crippen molar-refractivity contribution in [1.29, 1.82) is 5.41 Å². The van der Waals surface area contributed by atoms with Gasteiger partial charge in [0.05, 0.1) is 11.3 Å². The summed E-state index contributed by atoms with van der Waals surface area (Å²) in [6.45, 7) is 7.12. The molecule has 1 amide bonds. The van der Waals surface area contributed by atoms with Gasteiger partial charge in [-0.15, -0.1) is 0 Å². The number of hydrogen-bond acceptors (Lipinski definition) is 10. The van der Waals surface area contributed by atoms with Crippen LogP contribution < -0.4 is 16.0 Å². The molecule has 1 aromatic rings. The van der Waals surface area contributed by atoms with Gasteiger partial charge in [-0.3, -0.25) is 14.4 Å². The van der Waals surface area contributed by atoms with Crippen LogP contribution in [0.25, 0.3) is 5.76 Å². The second kappa shape index (κ2) is 8.95. The van der Waals surface area contributed by atoms with E-state index in [2.05, 4.69) is 26.1 Å². The second-order valence-electron chi connectivity index (χ2n) is 11.7. The molecule has 11 nitrogen and oxygen atoms in total. The first kappa shape index (κ1) is 27.3. The van der Waals surface area contributed by atoms with Gasteiger partial charge in [-0.2, -0.15) is 0 Å². The molecule has 3 aliphatic rings. The third-order valence-corrected chi connectivity index (χ3v) is 7.54. The number of amides is 1. The van der Waals surface area contributed by atoms with E-state index < -0.39 is 57.7 Å². The third-order valence-electron chi connectivity index (χ3n) is 7.54. The molecule has 11 heteroatoms. The molecule has 1 fully saturated rings. The quantitative estimate of drug-likeness (QED) is 0.218. The van der Waals surface area contributed by atoms with Crippen LogP contribution in [0.15, 0.2) is 23.0 Å². The molecule has 0 unspecified atom stereocenters. The van der Waals surface area contributed by atoms with E-state index >= 15 is 0 Å². The highest BCUT2D eigenvalue weighted by molar-refractivity contribution is 6.38. The minimum Gasteiger partial charge on any atom is -0.507 e. The smallest absolute Gasteiger partial charge is 0.256 e. The SMILES string of the molecule is CN(C)c1cc(CNCC(C)(C)C)c(O)c2c1C[C@H]1C[C@H]3C(=N)C(O)=C(C(N)=O)C(=O)[C@@]3(O)C(=O)C1=C2O. The number of nitrogens with two attached hydrogens (primary N) is 1. The van der Waals surface area contributed by atoms with Crippen molar-refractivity contribution in [3.05, 3.63) is 39.7 Å². The minimum absolute atomic E-state index is 0.0149. The van der Waals surface area contributed by atoms with E-state index in [1.165, 1.54) is 0 Å². The number of Topliss-reactive ketones (excluding diaryl/α,β-unsaturated/α-hetero) is 2. The molecule has 1 saturated carbocycles. The number of phenolic OH excluding ortho intramolecular Hbond substituents is 1. The number of aromatic hydroxyl groups is 1. The van der Waals surface area contributed by atoms with Crippen molar-refractivity contribution in [2.45, 2.75) is 45.8 Å². The number of primary amides is 1. The molecule has 0 spiro atoms. The number of nitrogens with one attached hydrogen (secondary N) is 2. The number of benzene rings is 1. The zero-order chi connectivity index (χ0) is 28.5. The molecule has 0 aromatic heterocycles. The molecule has 3 aliphatic carbocycles. The molecule has 4 rings (SSSR count). The number of hydrogen-bond donors (Lipinski definition) is 7. The van der Waals surface area contributed by atoms with Gasteiger partial charge in [0, 0.05) is 49.9 Å². The van der Waals surface area contributed by atoms with Gasteiger partial charge in [-0.05, 0) is 35.8 Å². The van der Waals surface area contributed by atoms with E-state index in [1.54, 1.807) is 0 Å². The Kier molecular flexibility index (Phi) is 6.44. The van der Waals surface area contributed by atoms with Crippen molar-refractivity contribution in [3.8, 4) is 5.75 Å². The van der Waals surface area contributed by atoms with Crippen LogP contribution in [0.4, 0.5) is 5.69 Å². The predicted octanol–water partition coefficient (Wildman–Crippen LogP) is 1.26. The lowest BCUT2D eigenvalue weighted by Crippen LogP contribution is -2.64. The first-order valence-corrected chi connectivity index (χ1v) is 12.3. The van der Waals surface area contributed by atoms with Gasteiger partial charge in [-0.1, -0.05) is 20.8 Å². The zero-order valence-corrected chi connectivity index (χ0v) is 22.1. The molecule has 0 radical (unpaired) electrons. The van der Waals surface area contributed by atoms with Crippen LogP contribution in [0.1, 0.15) is 43.9 Å². The maximum atomic E-state index is 13.7. The van der Waals surface area contributed by atoms with Gasteiger partial charge in [0.15, 0.2) is 11.4 Å². The molecule has 8 N–H and O–H groups in total. The number of fused-ring (bicyclic) bond motifs is 3. The molecule has 3 atom stereocenters. The first-order valence-electron chi connectivity index (χ1n) is 12.3. The Labute approximate surface area is 220 Å². The highest BCUT2D eigenvalue weighted by Gasteiger charge is 2.63. The average Bonchev–Trinajstić information content (AvgIpc) is 2.79. The van der Waals surface area contributed by atoms with Crippen LogP contribution in [-0.2, 0) is 27.3 Å². The number of allylic oxidation sites excluding steroid dienone is 1. The number of ketones is 2. The summed E-state index contributed by atoms with van der Waals surface area (Å²) >= 11 is 0. The average molecular weight is 527 g/mol. The fourth-order valence-corrected chi connectivity index (χ4v) is 5.72. The van der Waals surface area contributed by atoms with E-state index in [0.29, 0.717) is 23.4 Å². The Hall–Kier alpha value is -3.70. The van der Waals surface area contributed by atoms with Crippen LogP contribution in [0.2, 0.25) is 0 Å². The normalized spacial score (nSPS) is 25.3. The molecule has 0 bridgehead atoms. The maximum Gasteiger partial charge on any atom is 0.256 e. The number of nitrogens with zero attached hydrogens (tertiary/aromatic N) is 1. The Morgan fingerprint density at radius 3 is 2.37 bits per heavy atom. The monoisotopic (exact) mass is 526 g/mol. The number of carbonyl (C=O) groups excluding carboxylic acids is 3. The number of phenols is 1. The number of aliphatic hydroxyl groups excluding tert-OH is 2. The molecule has 204 valence electrons. The van der Waals surface area contributed by atoms with Gasteiger partial charge < -0.3 is 41.8 Å². The van der Waals surface area contributed by atoms with E-state index in [4.69, 9.17) is 11.1 Å². The number of anilines is 1. The van der Waals surface area contributed by atoms with Crippen LogP contribution in [0.3, 0.4) is 0 Å². The summed E-state index contributed by atoms with van der Waals surface area (Å²) in [6, 6.07) is 1.81. The molecule has 38 heavy (non-hydrogen) atoms. The summed E-state index contributed by atoms with van der Waals surface area (Å²) in [4.78, 5) is 40.5. The van der Waals surface area contributed by atoms with Gasteiger partial charge in [0.1, 0.15) is 17.1 Å². The Morgan fingerprint density at radius 1 is 1.18 bits per heavy atom. The molecule has 0 heterocycles. The van der Waals surface area contributed by atoms with Crippen molar-refractivity contribution in [1.82, 2.24) is 5.32 Å². The largest absolute Gasteiger partial charge is 0.507 e. The van der Waals surface area contributed by atoms with Gasteiger partial charge in [0.25, 0.3) is 5.91 Å². The second-order valence-corrected chi connectivity index (χ2v) is 11.7. The lowest BCUT2D eigenvalue weighted by molar-refractivity contribution is -0.153. The summed E-state index contributed by atoms with van der Waals surface area (Å²) in [5.74, 6) is -7.88. The molecule has 0 saturated heterocycles. The Balaban J connectivity index is 1.88. The maximum absolute atomic E-state index is 13.7. The van der Waals surface area contributed by atoms with Crippen LogP contribution in [0.5, 0.6) is 5.75 Å². The van der Waals surface area contributed by atoms with E-state index in [0.717, 1.165) is 0 Å². The predicted molar refractivity (Wildman–Crippen MR) is 140 cm³/mol. The van der Waals surface area contributed by atoms with Crippen LogP contribution in [-0.4, -0.2) is 69.9 Å². The van der Waals surface area contributed by atoms with E-state index in [-0.39, 0.29) is 41.7 Å². The van der Waals surface area contributed by atoms with Crippen molar-refractivity contribution in [2.24, 2.45) is 23.0 Å². The summed E-state index contributed by atoms with van der Waals surface area (Å²) < 4.78 is 0. The molecular formula is C27H34N4O7. The van der Waals surface area contributed by atoms with Crippen molar-refractivity contribution in [2.75, 3.05) is 25.5 Å². The Morgan fingerprint density at radius 2 is 1.82 bits per heavy atom. The standard InChI is InChI=1S/C27H34N4O7/c1-26(2,3)10-30-9-12-8-15(31(4)5)13-6-11-7-14-19(28)22(34)18(25(29)37)24(36)27(14,38)23(35)16(11)21(33)17(13)20(12)32/h8,11,14,28,30,32-34,38H,6-7,9-10H2,1-5H3,(H2,29,37)/t11-,14-,27-/m0/s1. The highest BCUT2D eigenvalue weighted by atomic mass is 16.3. The highest BCUT2D eigenvalue weighted by Crippen LogP contribution is 2.52. The Bertz CT molecular complexity index is 1350. The number of aliphatic hydroxyl groups is 3.